The number of benzene rings is 1. The lowest BCUT2D eigenvalue weighted by Crippen LogP contribution is -2.04. The van der Waals surface area contributed by atoms with Crippen LogP contribution >= 0.6 is 27.3 Å². The average Bonchev–Trinajstić information content (AvgIpc) is 2.87. The van der Waals surface area contributed by atoms with E-state index in [1.165, 1.54) is 10.3 Å². The normalized spacial score (nSPS) is 10.9. The minimum absolute atomic E-state index is 0.713. The van der Waals surface area contributed by atoms with Gasteiger partial charge >= 0.3 is 0 Å². The zero-order valence-corrected chi connectivity index (χ0v) is 13.5. The summed E-state index contributed by atoms with van der Waals surface area (Å²) in [6.07, 6.45) is 2.84. The smallest absolute Gasteiger partial charge is 0.184 e. The molecule has 0 unspecified atom stereocenters. The number of rotatable bonds is 4. The Morgan fingerprint density at radius 1 is 1.30 bits per heavy atom. The van der Waals surface area contributed by atoms with Gasteiger partial charge < -0.3 is 5.32 Å². The molecule has 0 radical (unpaired) electrons. The van der Waals surface area contributed by atoms with Crippen molar-refractivity contribution < 1.29 is 0 Å². The molecule has 1 aromatic carbocycles. The molecule has 0 saturated heterocycles. The Kier molecular flexibility index (Phi) is 3.98. The van der Waals surface area contributed by atoms with Crippen molar-refractivity contribution in [3.63, 3.8) is 0 Å². The Hall–Kier alpha value is -1.46. The highest BCUT2D eigenvalue weighted by Gasteiger charge is 2.06. The molecule has 3 nitrogen and oxygen atoms in total. The van der Waals surface area contributed by atoms with E-state index in [1.54, 1.807) is 11.3 Å². The molecule has 2 heterocycles. The highest BCUT2D eigenvalue weighted by atomic mass is 79.9. The number of hydrogen-bond acceptors (Lipinski definition) is 4. The molecule has 0 amide bonds. The fourth-order valence-corrected chi connectivity index (χ4v) is 3.50. The lowest BCUT2D eigenvalue weighted by atomic mass is 10.1. The Morgan fingerprint density at radius 2 is 2.20 bits per heavy atom. The largest absolute Gasteiger partial charge is 0.356 e. The van der Waals surface area contributed by atoms with E-state index in [-0.39, 0.29) is 0 Å². The van der Waals surface area contributed by atoms with Crippen molar-refractivity contribution in [2.75, 3.05) is 5.32 Å². The van der Waals surface area contributed by atoms with E-state index in [4.69, 9.17) is 0 Å². The standard InChI is InChI=1S/C15H14BrN3S/c1-2-10-4-3-7-17-13(10)9-18-15-19-12-6-5-11(16)8-14(12)20-15/h3-8H,2,9H2,1H3,(H,18,19). The molecular formula is C15H14BrN3S. The first-order chi connectivity index (χ1) is 9.76. The third kappa shape index (κ3) is 2.83. The summed E-state index contributed by atoms with van der Waals surface area (Å²) in [4.78, 5) is 9.02. The predicted molar refractivity (Wildman–Crippen MR) is 88.3 cm³/mol. The number of aromatic nitrogens is 2. The minimum Gasteiger partial charge on any atom is -0.356 e. The molecule has 0 aliphatic rings. The van der Waals surface area contributed by atoms with Gasteiger partial charge in [-0.1, -0.05) is 40.3 Å². The first-order valence-corrected chi connectivity index (χ1v) is 8.10. The van der Waals surface area contributed by atoms with Crippen LogP contribution in [0.4, 0.5) is 5.13 Å². The molecule has 20 heavy (non-hydrogen) atoms. The summed E-state index contributed by atoms with van der Waals surface area (Å²) in [7, 11) is 0. The van der Waals surface area contributed by atoms with Crippen LogP contribution in [0.2, 0.25) is 0 Å². The van der Waals surface area contributed by atoms with E-state index in [9.17, 15) is 0 Å². The van der Waals surface area contributed by atoms with Gasteiger partial charge in [-0.05, 0) is 36.2 Å². The molecule has 0 atom stereocenters. The van der Waals surface area contributed by atoms with Crippen LogP contribution in [-0.4, -0.2) is 9.97 Å². The molecule has 3 aromatic rings. The molecule has 0 saturated carbocycles. The maximum atomic E-state index is 4.58. The first-order valence-electron chi connectivity index (χ1n) is 6.49. The van der Waals surface area contributed by atoms with Gasteiger partial charge in [-0.15, -0.1) is 0 Å². The van der Waals surface area contributed by atoms with E-state index in [0.29, 0.717) is 6.54 Å². The van der Waals surface area contributed by atoms with Crippen molar-refractivity contribution in [1.29, 1.82) is 0 Å². The van der Waals surface area contributed by atoms with Crippen LogP contribution in [0.5, 0.6) is 0 Å². The van der Waals surface area contributed by atoms with E-state index >= 15 is 0 Å². The van der Waals surface area contributed by atoms with Crippen molar-refractivity contribution in [3.05, 3.63) is 52.3 Å². The predicted octanol–water partition coefficient (Wildman–Crippen LogP) is 4.63. The SMILES string of the molecule is CCc1cccnc1CNc1nc2ccc(Br)cc2s1. The van der Waals surface area contributed by atoms with E-state index < -0.39 is 0 Å². The van der Waals surface area contributed by atoms with Crippen LogP contribution in [-0.2, 0) is 13.0 Å². The van der Waals surface area contributed by atoms with Crippen LogP contribution in [0.3, 0.4) is 0 Å². The zero-order chi connectivity index (χ0) is 13.9. The number of halogens is 1. The molecule has 0 aliphatic carbocycles. The molecule has 0 spiro atoms. The first kappa shape index (κ1) is 13.5. The Labute approximate surface area is 130 Å². The summed E-state index contributed by atoms with van der Waals surface area (Å²) < 4.78 is 2.26. The van der Waals surface area contributed by atoms with Gasteiger partial charge in [0.05, 0.1) is 22.5 Å². The van der Waals surface area contributed by atoms with Gasteiger partial charge in [0, 0.05) is 10.7 Å². The van der Waals surface area contributed by atoms with Gasteiger partial charge in [-0.3, -0.25) is 4.98 Å². The maximum absolute atomic E-state index is 4.58. The lowest BCUT2D eigenvalue weighted by Gasteiger charge is -2.06. The van der Waals surface area contributed by atoms with E-state index in [2.05, 4.69) is 50.3 Å². The van der Waals surface area contributed by atoms with Crippen molar-refractivity contribution in [2.45, 2.75) is 19.9 Å². The van der Waals surface area contributed by atoms with Gasteiger partial charge in [0.15, 0.2) is 5.13 Å². The molecule has 5 heteroatoms. The van der Waals surface area contributed by atoms with Gasteiger partial charge in [-0.25, -0.2) is 4.98 Å². The number of pyridine rings is 1. The van der Waals surface area contributed by atoms with Crippen LogP contribution in [0.1, 0.15) is 18.2 Å². The Balaban J connectivity index is 1.79. The van der Waals surface area contributed by atoms with Gasteiger partial charge in [0.2, 0.25) is 0 Å². The molecule has 2 aromatic heterocycles. The van der Waals surface area contributed by atoms with Gasteiger partial charge in [-0.2, -0.15) is 0 Å². The van der Waals surface area contributed by atoms with E-state index in [0.717, 1.165) is 27.2 Å². The summed E-state index contributed by atoms with van der Waals surface area (Å²) >= 11 is 5.15. The number of nitrogens with one attached hydrogen (secondary N) is 1. The quantitative estimate of drug-likeness (QED) is 0.747. The summed E-state index contributed by atoms with van der Waals surface area (Å²) in [5.74, 6) is 0. The topological polar surface area (TPSA) is 37.8 Å². The molecule has 0 aliphatic heterocycles. The Morgan fingerprint density at radius 3 is 3.05 bits per heavy atom. The molecule has 0 fully saturated rings. The second kappa shape index (κ2) is 5.89. The van der Waals surface area contributed by atoms with E-state index in [1.807, 2.05) is 24.4 Å². The van der Waals surface area contributed by atoms with Crippen LogP contribution in [0, 0.1) is 0 Å². The average molecular weight is 348 g/mol. The second-order valence-electron chi connectivity index (χ2n) is 4.45. The van der Waals surface area contributed by atoms with Crippen molar-refractivity contribution in [1.82, 2.24) is 9.97 Å². The summed E-state index contributed by atoms with van der Waals surface area (Å²) in [6, 6.07) is 10.2. The summed E-state index contributed by atoms with van der Waals surface area (Å²) in [6.45, 7) is 2.86. The Bertz CT molecular complexity index is 739. The van der Waals surface area contributed by atoms with Crippen LogP contribution in [0.25, 0.3) is 10.2 Å². The zero-order valence-electron chi connectivity index (χ0n) is 11.1. The van der Waals surface area contributed by atoms with Crippen molar-refractivity contribution in [2.24, 2.45) is 0 Å². The van der Waals surface area contributed by atoms with Gasteiger partial charge in [0.25, 0.3) is 0 Å². The number of hydrogen-bond donors (Lipinski definition) is 1. The molecular weight excluding hydrogens is 334 g/mol. The molecule has 1 N–H and O–H groups in total. The number of fused-ring (bicyclic) bond motifs is 1. The fourth-order valence-electron chi connectivity index (χ4n) is 2.09. The van der Waals surface area contributed by atoms with Crippen molar-refractivity contribution in [3.8, 4) is 0 Å². The number of thiazole rings is 1. The van der Waals surface area contributed by atoms with Crippen molar-refractivity contribution >= 4 is 42.6 Å². The molecule has 102 valence electrons. The number of nitrogens with zero attached hydrogens (tertiary/aromatic N) is 2. The van der Waals surface area contributed by atoms with Crippen LogP contribution in [0.15, 0.2) is 41.0 Å². The highest BCUT2D eigenvalue weighted by Crippen LogP contribution is 2.28. The fraction of sp³-hybridized carbons (Fsp3) is 0.200. The number of anilines is 1. The molecule has 3 rings (SSSR count). The highest BCUT2D eigenvalue weighted by molar-refractivity contribution is 9.10. The third-order valence-corrected chi connectivity index (χ3v) is 4.59. The maximum Gasteiger partial charge on any atom is 0.184 e. The summed E-state index contributed by atoms with van der Waals surface area (Å²) in [5.41, 5.74) is 3.40. The second-order valence-corrected chi connectivity index (χ2v) is 6.39. The third-order valence-electron chi connectivity index (χ3n) is 3.12. The van der Waals surface area contributed by atoms with Crippen LogP contribution < -0.4 is 5.32 Å². The molecule has 0 bridgehead atoms. The van der Waals surface area contributed by atoms with Gasteiger partial charge in [0.1, 0.15) is 0 Å². The summed E-state index contributed by atoms with van der Waals surface area (Å²) in [5, 5.41) is 4.31. The monoisotopic (exact) mass is 347 g/mol. The minimum atomic E-state index is 0.713. The lowest BCUT2D eigenvalue weighted by molar-refractivity contribution is 0.970. The number of aryl methyl sites for hydroxylation is 1.